The normalized spacial score (nSPS) is 21.0. The van der Waals surface area contributed by atoms with Crippen molar-refractivity contribution in [3.63, 3.8) is 0 Å². The first-order chi connectivity index (χ1) is 21.7. The molecule has 13 heteroatoms. The van der Waals surface area contributed by atoms with Crippen LogP contribution in [0.4, 0.5) is 26.1 Å². The van der Waals surface area contributed by atoms with Crippen molar-refractivity contribution < 1.29 is 28.2 Å². The zero-order chi connectivity index (χ0) is 31.6. The number of ether oxygens (including phenoxy) is 2. The number of alkyl halides is 2. The van der Waals surface area contributed by atoms with Crippen LogP contribution in [0.3, 0.4) is 0 Å². The standard InChI is InChI=1S/C32H35F2N7O4/c1-21(42)30(43)41-11-9-29(32(33,34)20-41)45-28-7-2-22(16-23(28)17-35)27-8-10-36-31(38-27)37-24-3-5-25(6-4-24)39-12-14-40(15-13-39)26-18-44-19-26/h2-8,10,16,21,26,29,42H,9,11-15,18-20H2,1H3,(H,36,37,38)/t21-,29?/m0/s1. The van der Waals surface area contributed by atoms with Crippen molar-refractivity contribution in [2.75, 3.05) is 62.7 Å². The number of aliphatic hydroxyl groups is 1. The monoisotopic (exact) mass is 619 g/mol. The lowest BCUT2D eigenvalue weighted by Gasteiger charge is -2.43. The van der Waals surface area contributed by atoms with Gasteiger partial charge in [-0.2, -0.15) is 5.26 Å². The average molecular weight is 620 g/mol. The maximum atomic E-state index is 14.9. The lowest BCUT2D eigenvalue weighted by molar-refractivity contribution is -0.165. The van der Waals surface area contributed by atoms with E-state index in [4.69, 9.17) is 9.47 Å². The first kappa shape index (κ1) is 30.6. The molecule has 3 aliphatic heterocycles. The molecule has 2 atom stereocenters. The molecule has 6 rings (SSSR count). The van der Waals surface area contributed by atoms with Crippen molar-refractivity contribution in [1.82, 2.24) is 19.8 Å². The molecule has 0 bridgehead atoms. The van der Waals surface area contributed by atoms with Gasteiger partial charge in [-0.15, -0.1) is 0 Å². The van der Waals surface area contributed by atoms with Crippen molar-refractivity contribution >= 4 is 23.2 Å². The van der Waals surface area contributed by atoms with E-state index >= 15 is 0 Å². The highest BCUT2D eigenvalue weighted by atomic mass is 19.3. The lowest BCUT2D eigenvalue weighted by Crippen LogP contribution is -2.56. The number of aliphatic hydroxyl groups excluding tert-OH is 1. The minimum atomic E-state index is -3.36. The third-order valence-electron chi connectivity index (χ3n) is 8.46. The predicted octanol–water partition coefficient (Wildman–Crippen LogP) is 3.28. The van der Waals surface area contributed by atoms with Gasteiger partial charge in [0.15, 0.2) is 6.10 Å². The second-order valence-corrected chi connectivity index (χ2v) is 11.6. The number of hydrogen-bond donors (Lipinski definition) is 2. The van der Waals surface area contributed by atoms with E-state index < -0.39 is 30.6 Å². The first-order valence-corrected chi connectivity index (χ1v) is 15.0. The summed E-state index contributed by atoms with van der Waals surface area (Å²) in [6.45, 7) is 6.04. The van der Waals surface area contributed by atoms with Crippen LogP contribution in [0.25, 0.3) is 11.3 Å². The van der Waals surface area contributed by atoms with Gasteiger partial charge in [-0.1, -0.05) is 0 Å². The molecule has 0 aliphatic carbocycles. The Labute approximate surface area is 260 Å². The summed E-state index contributed by atoms with van der Waals surface area (Å²) in [6.07, 6.45) is -1.43. The van der Waals surface area contributed by atoms with E-state index in [0.717, 1.165) is 55.7 Å². The largest absolute Gasteiger partial charge is 0.483 e. The second kappa shape index (κ2) is 12.9. The van der Waals surface area contributed by atoms with Gasteiger partial charge in [-0.25, -0.2) is 18.7 Å². The summed E-state index contributed by atoms with van der Waals surface area (Å²) < 4.78 is 40.7. The van der Waals surface area contributed by atoms with Crippen molar-refractivity contribution in [2.45, 2.75) is 37.5 Å². The van der Waals surface area contributed by atoms with Crippen LogP contribution in [-0.4, -0.2) is 107 Å². The molecule has 3 fully saturated rings. The number of carbonyl (C=O) groups is 1. The number of nitrogens with zero attached hydrogens (tertiary/aromatic N) is 6. The Morgan fingerprint density at radius 2 is 1.89 bits per heavy atom. The van der Waals surface area contributed by atoms with Crippen molar-refractivity contribution in [3.8, 4) is 23.1 Å². The predicted molar refractivity (Wildman–Crippen MR) is 163 cm³/mol. The molecule has 3 aromatic rings. The van der Waals surface area contributed by atoms with E-state index in [2.05, 4.69) is 37.2 Å². The van der Waals surface area contributed by atoms with Gasteiger partial charge in [0.1, 0.15) is 17.9 Å². The molecule has 0 saturated carbocycles. The third-order valence-corrected chi connectivity index (χ3v) is 8.46. The number of piperazine rings is 1. The van der Waals surface area contributed by atoms with Crippen LogP contribution >= 0.6 is 0 Å². The van der Waals surface area contributed by atoms with Gasteiger partial charge in [0.2, 0.25) is 5.95 Å². The SMILES string of the molecule is C[C@H](O)C(=O)N1CCC(Oc2ccc(-c3ccnc(Nc4ccc(N5CCN(C6COC6)CC5)cc4)n3)cc2C#N)C(F)(F)C1. The quantitative estimate of drug-likeness (QED) is 0.388. The fourth-order valence-electron chi connectivity index (χ4n) is 5.79. The molecule has 2 aromatic carbocycles. The van der Waals surface area contributed by atoms with Gasteiger partial charge in [0, 0.05) is 62.3 Å². The minimum Gasteiger partial charge on any atom is -0.483 e. The van der Waals surface area contributed by atoms with Crippen molar-refractivity contribution in [1.29, 1.82) is 5.26 Å². The summed E-state index contributed by atoms with van der Waals surface area (Å²) in [5.74, 6) is -3.73. The van der Waals surface area contributed by atoms with Gasteiger partial charge in [-0.05, 0) is 55.5 Å². The van der Waals surface area contributed by atoms with Crippen LogP contribution in [0, 0.1) is 11.3 Å². The molecule has 4 heterocycles. The molecule has 1 unspecified atom stereocenters. The summed E-state index contributed by atoms with van der Waals surface area (Å²) in [5, 5.41) is 22.5. The van der Waals surface area contributed by atoms with E-state index in [1.165, 1.54) is 19.1 Å². The number of hydrogen-bond acceptors (Lipinski definition) is 10. The number of halogens is 2. The number of likely N-dealkylation sites (tertiary alicyclic amines) is 1. The van der Waals surface area contributed by atoms with Gasteiger partial charge >= 0.3 is 5.92 Å². The molecule has 45 heavy (non-hydrogen) atoms. The van der Waals surface area contributed by atoms with E-state index in [9.17, 15) is 23.9 Å². The Bertz CT molecular complexity index is 1550. The average Bonchev–Trinajstić information content (AvgIpc) is 3.01. The number of benzene rings is 2. The van der Waals surface area contributed by atoms with Gasteiger partial charge in [-0.3, -0.25) is 9.69 Å². The number of nitriles is 1. The van der Waals surface area contributed by atoms with E-state index in [0.29, 0.717) is 23.2 Å². The summed E-state index contributed by atoms with van der Waals surface area (Å²) in [5.41, 5.74) is 3.19. The summed E-state index contributed by atoms with van der Waals surface area (Å²) in [7, 11) is 0. The molecule has 236 valence electrons. The van der Waals surface area contributed by atoms with Crippen LogP contribution < -0.4 is 15.0 Å². The number of amides is 1. The van der Waals surface area contributed by atoms with E-state index in [-0.39, 0.29) is 24.3 Å². The fraction of sp³-hybridized carbons (Fsp3) is 0.438. The smallest absolute Gasteiger partial charge is 0.301 e. The highest BCUT2D eigenvalue weighted by Crippen LogP contribution is 2.34. The Hall–Kier alpha value is -4.38. The Morgan fingerprint density at radius 1 is 1.13 bits per heavy atom. The molecule has 3 aliphatic rings. The number of anilines is 3. The molecule has 2 N–H and O–H groups in total. The van der Waals surface area contributed by atoms with Crippen LogP contribution in [0.2, 0.25) is 0 Å². The number of nitrogens with one attached hydrogen (secondary N) is 1. The van der Waals surface area contributed by atoms with Crippen LogP contribution in [0.5, 0.6) is 5.75 Å². The second-order valence-electron chi connectivity index (χ2n) is 11.6. The van der Waals surface area contributed by atoms with E-state index in [1.54, 1.807) is 18.3 Å². The number of carbonyl (C=O) groups excluding carboxylic acids is 1. The first-order valence-electron chi connectivity index (χ1n) is 15.0. The summed E-state index contributed by atoms with van der Waals surface area (Å²) >= 11 is 0. The molecule has 11 nitrogen and oxygen atoms in total. The van der Waals surface area contributed by atoms with Crippen molar-refractivity contribution in [2.24, 2.45) is 0 Å². The third kappa shape index (κ3) is 6.83. The Kier molecular flexibility index (Phi) is 8.80. The topological polar surface area (TPSA) is 127 Å². The number of aromatic nitrogens is 2. The van der Waals surface area contributed by atoms with Crippen LogP contribution in [0.1, 0.15) is 18.9 Å². The molecular weight excluding hydrogens is 584 g/mol. The molecule has 1 amide bonds. The summed E-state index contributed by atoms with van der Waals surface area (Å²) in [6, 6.07) is 17.1. The highest BCUT2D eigenvalue weighted by Gasteiger charge is 2.48. The van der Waals surface area contributed by atoms with Gasteiger partial charge in [0.25, 0.3) is 5.91 Å². The molecular formula is C32H35F2N7O4. The number of rotatable bonds is 8. The Balaban J connectivity index is 1.09. The maximum Gasteiger partial charge on any atom is 0.301 e. The highest BCUT2D eigenvalue weighted by molar-refractivity contribution is 5.80. The molecule has 0 spiro atoms. The zero-order valence-electron chi connectivity index (χ0n) is 24.9. The van der Waals surface area contributed by atoms with Gasteiger partial charge < -0.3 is 29.7 Å². The zero-order valence-corrected chi connectivity index (χ0v) is 24.9. The lowest BCUT2D eigenvalue weighted by atomic mass is 10.0. The van der Waals surface area contributed by atoms with E-state index in [1.807, 2.05) is 18.2 Å². The van der Waals surface area contributed by atoms with Crippen LogP contribution in [0.15, 0.2) is 54.7 Å². The fourth-order valence-corrected chi connectivity index (χ4v) is 5.79. The molecule has 0 radical (unpaired) electrons. The molecule has 3 saturated heterocycles. The Morgan fingerprint density at radius 3 is 2.53 bits per heavy atom. The number of piperidine rings is 1. The van der Waals surface area contributed by atoms with Crippen molar-refractivity contribution in [3.05, 3.63) is 60.3 Å². The maximum absolute atomic E-state index is 14.9. The summed E-state index contributed by atoms with van der Waals surface area (Å²) in [4.78, 5) is 26.7. The van der Waals surface area contributed by atoms with Gasteiger partial charge in [0.05, 0.1) is 37.1 Å². The van der Waals surface area contributed by atoms with Crippen LogP contribution in [-0.2, 0) is 9.53 Å². The molecule has 1 aromatic heterocycles. The minimum absolute atomic E-state index is 0.0109.